The van der Waals surface area contributed by atoms with Crippen LogP contribution in [-0.4, -0.2) is 68.1 Å². The van der Waals surface area contributed by atoms with Gasteiger partial charge in [-0.2, -0.15) is 0 Å². The van der Waals surface area contributed by atoms with Gasteiger partial charge in [0, 0.05) is 17.8 Å². The molecule has 30 heavy (non-hydrogen) atoms. The summed E-state index contributed by atoms with van der Waals surface area (Å²) in [5.41, 5.74) is 2.09. The van der Waals surface area contributed by atoms with Gasteiger partial charge in [0.25, 0.3) is 11.8 Å². The van der Waals surface area contributed by atoms with Gasteiger partial charge in [-0.1, -0.05) is 39.0 Å². The number of hydrogen-bond acceptors (Lipinski definition) is 2. The first kappa shape index (κ1) is 24.4. The number of quaternary nitrogens is 2. The molecule has 3 N–H and O–H groups in total. The van der Waals surface area contributed by atoms with Crippen LogP contribution in [0.2, 0.25) is 0 Å². The molecule has 1 fully saturated rings. The van der Waals surface area contributed by atoms with Crippen molar-refractivity contribution < 1.29 is 19.4 Å². The maximum atomic E-state index is 13.0. The molecule has 1 aliphatic heterocycles. The molecule has 1 aliphatic rings. The van der Waals surface area contributed by atoms with Gasteiger partial charge >= 0.3 is 0 Å². The van der Waals surface area contributed by atoms with Crippen molar-refractivity contribution in [3.8, 4) is 0 Å². The largest absolute Gasteiger partial charge is 0.332 e. The molecule has 0 bridgehead atoms. The van der Waals surface area contributed by atoms with Crippen molar-refractivity contribution in [3.05, 3.63) is 29.8 Å². The van der Waals surface area contributed by atoms with Crippen LogP contribution in [0.3, 0.4) is 0 Å². The molecule has 0 aliphatic carbocycles. The molecule has 0 radical (unpaired) electrons. The fraction of sp³-hybridized carbons (Fsp3) is 0.667. The number of piperazine rings is 1. The summed E-state index contributed by atoms with van der Waals surface area (Å²) in [5.74, 6) is 0.344. The van der Waals surface area contributed by atoms with Gasteiger partial charge in [0.05, 0.1) is 0 Å². The predicted molar refractivity (Wildman–Crippen MR) is 122 cm³/mol. The molecule has 1 aromatic carbocycles. The van der Waals surface area contributed by atoms with Crippen LogP contribution in [0.25, 0.3) is 0 Å². The fourth-order valence-electron chi connectivity index (χ4n) is 4.31. The van der Waals surface area contributed by atoms with Crippen LogP contribution < -0.4 is 15.1 Å². The zero-order valence-electron chi connectivity index (χ0n) is 19.6. The predicted octanol–water partition coefficient (Wildman–Crippen LogP) is 0.397. The summed E-state index contributed by atoms with van der Waals surface area (Å²) in [6.45, 7) is 15.5. The lowest BCUT2D eigenvalue weighted by molar-refractivity contribution is -1.00. The van der Waals surface area contributed by atoms with Crippen LogP contribution in [0.15, 0.2) is 24.3 Å². The van der Waals surface area contributed by atoms with E-state index in [1.54, 1.807) is 0 Å². The van der Waals surface area contributed by atoms with Gasteiger partial charge in [-0.25, -0.2) is 0 Å². The highest BCUT2D eigenvalue weighted by Gasteiger charge is 2.30. The van der Waals surface area contributed by atoms with Gasteiger partial charge < -0.3 is 20.0 Å². The average Bonchev–Trinajstić information content (AvgIpc) is 2.75. The SMILES string of the molecule is CCc1ccccc1NC(=O)C[NH+]1CC[NH+](CC(=O)N([C@H](C)CC)[C@H](C)CC)CC1. The minimum atomic E-state index is 0.0742. The summed E-state index contributed by atoms with van der Waals surface area (Å²) >= 11 is 0. The summed E-state index contributed by atoms with van der Waals surface area (Å²) < 4.78 is 0. The Balaban J connectivity index is 1.81. The molecule has 0 spiro atoms. The van der Waals surface area contributed by atoms with Gasteiger partial charge in [0.15, 0.2) is 13.1 Å². The van der Waals surface area contributed by atoms with Gasteiger partial charge in [-0.15, -0.1) is 0 Å². The minimum absolute atomic E-state index is 0.0742. The average molecular weight is 419 g/mol. The molecular formula is C24H42N4O2+2. The first-order valence-electron chi connectivity index (χ1n) is 11.8. The Hall–Kier alpha value is -1.92. The Morgan fingerprint density at radius 1 is 0.933 bits per heavy atom. The summed E-state index contributed by atoms with van der Waals surface area (Å²) in [5, 5.41) is 3.08. The molecule has 2 rings (SSSR count). The smallest absolute Gasteiger partial charge is 0.279 e. The summed E-state index contributed by atoms with van der Waals surface area (Å²) in [4.78, 5) is 30.2. The zero-order valence-corrected chi connectivity index (χ0v) is 19.6. The monoisotopic (exact) mass is 418 g/mol. The highest BCUT2D eigenvalue weighted by atomic mass is 16.2. The van der Waals surface area contributed by atoms with E-state index >= 15 is 0 Å². The van der Waals surface area contributed by atoms with Crippen LogP contribution in [0.5, 0.6) is 0 Å². The van der Waals surface area contributed by atoms with Crippen molar-refractivity contribution >= 4 is 17.5 Å². The third-order valence-electron chi connectivity index (χ3n) is 6.57. The van der Waals surface area contributed by atoms with Gasteiger partial charge in [-0.3, -0.25) is 9.59 Å². The highest BCUT2D eigenvalue weighted by molar-refractivity contribution is 5.92. The number of rotatable bonds is 10. The van der Waals surface area contributed by atoms with Crippen LogP contribution in [0, 0.1) is 0 Å². The Bertz CT molecular complexity index is 676. The van der Waals surface area contributed by atoms with Gasteiger partial charge in [0.1, 0.15) is 26.2 Å². The highest BCUT2D eigenvalue weighted by Crippen LogP contribution is 2.15. The van der Waals surface area contributed by atoms with Crippen LogP contribution >= 0.6 is 0 Å². The van der Waals surface area contributed by atoms with E-state index in [0.717, 1.165) is 51.1 Å². The van der Waals surface area contributed by atoms with Gasteiger partial charge in [-0.05, 0) is 44.7 Å². The number of benzene rings is 1. The molecule has 1 saturated heterocycles. The molecule has 0 unspecified atom stereocenters. The lowest BCUT2D eigenvalue weighted by atomic mass is 10.1. The Labute approximate surface area is 182 Å². The number of nitrogens with zero attached hydrogens (tertiary/aromatic N) is 1. The van der Waals surface area contributed by atoms with Crippen molar-refractivity contribution in [2.24, 2.45) is 0 Å². The quantitative estimate of drug-likeness (QED) is 0.515. The van der Waals surface area contributed by atoms with E-state index in [1.165, 1.54) is 15.4 Å². The lowest BCUT2D eigenvalue weighted by Crippen LogP contribution is -3.28. The zero-order chi connectivity index (χ0) is 22.1. The van der Waals surface area contributed by atoms with E-state index in [-0.39, 0.29) is 23.9 Å². The van der Waals surface area contributed by atoms with E-state index in [2.05, 4.69) is 50.9 Å². The maximum Gasteiger partial charge on any atom is 0.279 e. The molecular weight excluding hydrogens is 376 g/mol. The molecule has 168 valence electrons. The second-order valence-electron chi connectivity index (χ2n) is 8.73. The first-order valence-corrected chi connectivity index (χ1v) is 11.8. The van der Waals surface area contributed by atoms with E-state index in [4.69, 9.17) is 0 Å². The number of para-hydroxylation sites is 1. The number of carbonyl (C=O) groups is 2. The van der Waals surface area contributed by atoms with Crippen molar-refractivity contribution in [1.82, 2.24) is 4.90 Å². The third kappa shape index (κ3) is 6.81. The van der Waals surface area contributed by atoms with E-state index in [0.29, 0.717) is 13.1 Å². The van der Waals surface area contributed by atoms with E-state index in [1.807, 2.05) is 18.2 Å². The lowest BCUT2D eigenvalue weighted by Gasteiger charge is -2.36. The van der Waals surface area contributed by atoms with Crippen molar-refractivity contribution in [1.29, 1.82) is 0 Å². The number of carbonyl (C=O) groups excluding carboxylic acids is 2. The summed E-state index contributed by atoms with van der Waals surface area (Å²) in [6.07, 6.45) is 2.88. The number of amides is 2. The molecule has 1 heterocycles. The number of anilines is 1. The van der Waals surface area contributed by atoms with Crippen LogP contribution in [0.1, 0.15) is 53.0 Å². The fourth-order valence-corrected chi connectivity index (χ4v) is 4.31. The topological polar surface area (TPSA) is 58.3 Å². The number of nitrogens with one attached hydrogen (secondary N) is 3. The minimum Gasteiger partial charge on any atom is -0.332 e. The molecule has 1 aromatic rings. The van der Waals surface area contributed by atoms with Crippen molar-refractivity contribution in [2.75, 3.05) is 44.6 Å². The second kappa shape index (κ2) is 12.1. The van der Waals surface area contributed by atoms with Gasteiger partial charge in [0.2, 0.25) is 0 Å². The standard InChI is InChI=1S/C24H40N4O2/c1-6-19(4)28(20(5)7-2)24(30)18-27-15-13-26(14-16-27)17-23(29)25-22-12-10-9-11-21(22)8-3/h9-12,19-20H,6-8,13-18H2,1-5H3,(H,25,29)/p+2/t19-,20-/m1/s1. The number of hydrogen-bond donors (Lipinski definition) is 3. The maximum absolute atomic E-state index is 13.0. The molecule has 0 saturated carbocycles. The van der Waals surface area contributed by atoms with Crippen molar-refractivity contribution in [2.45, 2.75) is 66.0 Å². The molecule has 6 nitrogen and oxygen atoms in total. The summed E-state index contributed by atoms with van der Waals surface area (Å²) in [6, 6.07) is 8.57. The van der Waals surface area contributed by atoms with Crippen LogP contribution in [-0.2, 0) is 16.0 Å². The molecule has 0 aromatic heterocycles. The van der Waals surface area contributed by atoms with Crippen LogP contribution in [0.4, 0.5) is 5.69 Å². The first-order chi connectivity index (χ1) is 14.4. The summed E-state index contributed by atoms with van der Waals surface area (Å²) in [7, 11) is 0. The Morgan fingerprint density at radius 2 is 1.47 bits per heavy atom. The molecule has 6 heteroatoms. The molecule has 2 amide bonds. The van der Waals surface area contributed by atoms with Crippen molar-refractivity contribution in [3.63, 3.8) is 0 Å². The Morgan fingerprint density at radius 3 is 2.00 bits per heavy atom. The van der Waals surface area contributed by atoms with E-state index < -0.39 is 0 Å². The number of aryl methyl sites for hydroxylation is 1. The Kier molecular flexibility index (Phi) is 9.79. The second-order valence-corrected chi connectivity index (χ2v) is 8.73. The third-order valence-corrected chi connectivity index (χ3v) is 6.57. The normalized spacial score (nSPS) is 21.0. The molecule has 2 atom stereocenters. The van der Waals surface area contributed by atoms with E-state index in [9.17, 15) is 9.59 Å².